The Morgan fingerprint density at radius 2 is 2.00 bits per heavy atom. The highest BCUT2D eigenvalue weighted by atomic mass is 19.1. The summed E-state index contributed by atoms with van der Waals surface area (Å²) in [4.78, 5) is 15.1. The topological polar surface area (TPSA) is 61.7 Å². The van der Waals surface area contributed by atoms with E-state index in [2.05, 4.69) is 10.2 Å². The van der Waals surface area contributed by atoms with Crippen LogP contribution in [0, 0.1) is 15.9 Å². The normalized spacial score (nSPS) is 19.0. The van der Waals surface area contributed by atoms with Gasteiger partial charge in [-0.1, -0.05) is 6.92 Å². The first kappa shape index (κ1) is 16.0. The van der Waals surface area contributed by atoms with E-state index < -0.39 is 10.7 Å². The van der Waals surface area contributed by atoms with Crippen LogP contribution in [0.5, 0.6) is 0 Å². The van der Waals surface area contributed by atoms with Crippen LogP contribution >= 0.6 is 0 Å². The average molecular weight is 322 g/mol. The Labute approximate surface area is 135 Å². The second-order valence-corrected chi connectivity index (χ2v) is 6.40. The molecule has 0 amide bonds. The summed E-state index contributed by atoms with van der Waals surface area (Å²) in [7, 11) is 2.05. The number of piperazine rings is 1. The number of nitro benzene ring substituents is 1. The Morgan fingerprint density at radius 1 is 1.35 bits per heavy atom. The van der Waals surface area contributed by atoms with Crippen LogP contribution < -0.4 is 10.2 Å². The Balaban J connectivity index is 2.05. The van der Waals surface area contributed by atoms with Gasteiger partial charge in [-0.05, 0) is 26.3 Å². The molecule has 1 saturated heterocycles. The van der Waals surface area contributed by atoms with Gasteiger partial charge >= 0.3 is 0 Å². The zero-order valence-electron chi connectivity index (χ0n) is 13.6. The molecule has 23 heavy (non-hydrogen) atoms. The van der Waals surface area contributed by atoms with E-state index in [0.29, 0.717) is 17.8 Å². The number of hydrogen-bond donors (Lipinski definition) is 1. The first-order valence-corrected chi connectivity index (χ1v) is 8.21. The van der Waals surface area contributed by atoms with Crippen LogP contribution in [0.25, 0.3) is 0 Å². The third-order valence-electron chi connectivity index (χ3n) is 4.63. The van der Waals surface area contributed by atoms with Gasteiger partial charge in [-0.25, -0.2) is 4.39 Å². The van der Waals surface area contributed by atoms with E-state index >= 15 is 0 Å². The molecule has 126 valence electrons. The van der Waals surface area contributed by atoms with Gasteiger partial charge in [-0.15, -0.1) is 0 Å². The minimum absolute atomic E-state index is 0.149. The van der Waals surface area contributed by atoms with Crippen molar-refractivity contribution in [1.82, 2.24) is 4.90 Å². The molecule has 0 aromatic heterocycles. The van der Waals surface area contributed by atoms with E-state index in [-0.39, 0.29) is 11.7 Å². The van der Waals surface area contributed by atoms with E-state index in [1.165, 1.54) is 0 Å². The maximum Gasteiger partial charge on any atom is 0.295 e. The first-order chi connectivity index (χ1) is 11.0. The highest BCUT2D eigenvalue weighted by Gasteiger charge is 2.31. The molecule has 1 aliphatic carbocycles. The predicted octanol–water partition coefficient (Wildman–Crippen LogP) is 2.62. The smallest absolute Gasteiger partial charge is 0.295 e. The highest BCUT2D eigenvalue weighted by Crippen LogP contribution is 2.41. The van der Waals surface area contributed by atoms with Gasteiger partial charge in [0.05, 0.1) is 16.7 Å². The lowest BCUT2D eigenvalue weighted by Crippen LogP contribution is -2.45. The number of hydrogen-bond acceptors (Lipinski definition) is 5. The highest BCUT2D eigenvalue weighted by molar-refractivity contribution is 5.77. The SMILES string of the molecule is CCc1c(NC2CC2)c([N+](=O)[O-])cc(F)c1N1CCN(C)CC1. The summed E-state index contributed by atoms with van der Waals surface area (Å²) < 4.78 is 14.7. The molecule has 1 aliphatic heterocycles. The molecule has 0 atom stereocenters. The average Bonchev–Trinajstić information content (AvgIpc) is 3.33. The number of halogens is 1. The standard InChI is InChI=1S/C16H23FN4O2/c1-3-12-15(18-11-4-5-11)14(21(22)23)10-13(17)16(12)20-8-6-19(2)7-9-20/h10-11,18H,3-9H2,1-2H3. The first-order valence-electron chi connectivity index (χ1n) is 8.21. The van der Waals surface area contributed by atoms with Crippen molar-refractivity contribution in [3.8, 4) is 0 Å². The zero-order chi connectivity index (χ0) is 16.6. The van der Waals surface area contributed by atoms with Gasteiger partial charge < -0.3 is 15.1 Å². The van der Waals surface area contributed by atoms with Crippen molar-refractivity contribution in [2.75, 3.05) is 43.4 Å². The maximum absolute atomic E-state index is 14.7. The zero-order valence-corrected chi connectivity index (χ0v) is 13.6. The van der Waals surface area contributed by atoms with E-state index in [1.54, 1.807) is 0 Å². The third-order valence-corrected chi connectivity index (χ3v) is 4.63. The predicted molar refractivity (Wildman–Crippen MR) is 88.8 cm³/mol. The second-order valence-electron chi connectivity index (χ2n) is 6.40. The summed E-state index contributed by atoms with van der Waals surface area (Å²) in [6.45, 7) is 5.13. The van der Waals surface area contributed by atoms with Crippen molar-refractivity contribution >= 4 is 17.1 Å². The number of benzene rings is 1. The molecule has 2 aliphatic rings. The van der Waals surface area contributed by atoms with Gasteiger partial charge in [0.2, 0.25) is 0 Å². The van der Waals surface area contributed by atoms with Crippen molar-refractivity contribution < 1.29 is 9.31 Å². The van der Waals surface area contributed by atoms with Gasteiger partial charge in [0, 0.05) is 37.8 Å². The van der Waals surface area contributed by atoms with Gasteiger partial charge in [0.15, 0.2) is 5.82 Å². The number of anilines is 2. The minimum Gasteiger partial charge on any atom is -0.376 e. The lowest BCUT2D eigenvalue weighted by molar-refractivity contribution is -0.384. The molecule has 7 heteroatoms. The number of likely N-dealkylation sites (N-methyl/N-ethyl adjacent to an activating group) is 1. The van der Waals surface area contributed by atoms with Gasteiger partial charge in [-0.3, -0.25) is 10.1 Å². The van der Waals surface area contributed by atoms with Crippen LogP contribution in [0.2, 0.25) is 0 Å². The molecule has 0 unspecified atom stereocenters. The number of nitro groups is 1. The fourth-order valence-corrected chi connectivity index (χ4v) is 3.13. The molecule has 6 nitrogen and oxygen atoms in total. The molecule has 1 N–H and O–H groups in total. The molecule has 1 heterocycles. The Morgan fingerprint density at radius 3 is 2.52 bits per heavy atom. The summed E-state index contributed by atoms with van der Waals surface area (Å²) in [5, 5.41) is 14.6. The van der Waals surface area contributed by atoms with Crippen molar-refractivity contribution in [3.05, 3.63) is 27.6 Å². The van der Waals surface area contributed by atoms with E-state index in [0.717, 1.165) is 50.7 Å². The quantitative estimate of drug-likeness (QED) is 0.667. The number of nitrogens with one attached hydrogen (secondary N) is 1. The summed E-state index contributed by atoms with van der Waals surface area (Å²) in [5.41, 5.74) is 1.63. The van der Waals surface area contributed by atoms with Crippen molar-refractivity contribution in [3.63, 3.8) is 0 Å². The Kier molecular flexibility index (Phi) is 4.39. The number of nitrogens with zero attached hydrogens (tertiary/aromatic N) is 3. The molecular weight excluding hydrogens is 299 g/mol. The fraction of sp³-hybridized carbons (Fsp3) is 0.625. The van der Waals surface area contributed by atoms with Crippen molar-refractivity contribution in [2.45, 2.75) is 32.2 Å². The number of rotatable bonds is 5. The van der Waals surface area contributed by atoms with Crippen molar-refractivity contribution in [1.29, 1.82) is 0 Å². The Bertz CT molecular complexity index is 611. The monoisotopic (exact) mass is 322 g/mol. The summed E-state index contributed by atoms with van der Waals surface area (Å²) in [6.07, 6.45) is 2.60. The van der Waals surface area contributed by atoms with Crippen LogP contribution in [0.15, 0.2) is 6.07 Å². The van der Waals surface area contributed by atoms with Crippen LogP contribution in [0.1, 0.15) is 25.3 Å². The molecule has 1 saturated carbocycles. The molecule has 1 aromatic rings. The van der Waals surface area contributed by atoms with Gasteiger partial charge in [-0.2, -0.15) is 0 Å². The van der Waals surface area contributed by atoms with Crippen LogP contribution in [-0.4, -0.2) is 49.1 Å². The van der Waals surface area contributed by atoms with Gasteiger partial charge in [0.1, 0.15) is 5.69 Å². The Hall–Kier alpha value is -1.89. The van der Waals surface area contributed by atoms with E-state index in [9.17, 15) is 14.5 Å². The van der Waals surface area contributed by atoms with Crippen LogP contribution in [-0.2, 0) is 6.42 Å². The molecule has 0 radical (unpaired) electrons. The van der Waals surface area contributed by atoms with Crippen molar-refractivity contribution in [2.24, 2.45) is 0 Å². The summed E-state index contributed by atoms with van der Waals surface area (Å²) in [6, 6.07) is 1.36. The summed E-state index contributed by atoms with van der Waals surface area (Å²) >= 11 is 0. The lowest BCUT2D eigenvalue weighted by Gasteiger charge is -2.35. The fourth-order valence-electron chi connectivity index (χ4n) is 3.13. The molecule has 0 spiro atoms. The molecule has 0 bridgehead atoms. The molecule has 2 fully saturated rings. The minimum atomic E-state index is -0.487. The maximum atomic E-state index is 14.7. The summed E-state index contributed by atoms with van der Waals surface area (Å²) in [5.74, 6) is -0.487. The van der Waals surface area contributed by atoms with Crippen LogP contribution in [0.4, 0.5) is 21.5 Å². The molecule has 3 rings (SSSR count). The lowest BCUT2D eigenvalue weighted by atomic mass is 10.0. The van der Waals surface area contributed by atoms with Gasteiger partial charge in [0.25, 0.3) is 5.69 Å². The largest absolute Gasteiger partial charge is 0.376 e. The molecular formula is C16H23FN4O2. The van der Waals surface area contributed by atoms with E-state index in [4.69, 9.17) is 0 Å². The third kappa shape index (κ3) is 3.24. The molecule has 1 aromatic carbocycles. The van der Waals surface area contributed by atoms with Crippen LogP contribution in [0.3, 0.4) is 0 Å². The van der Waals surface area contributed by atoms with E-state index in [1.807, 2.05) is 18.9 Å². The second kappa shape index (κ2) is 6.31.